The zero-order valence-corrected chi connectivity index (χ0v) is 12.0. The fraction of sp³-hybridized carbons (Fsp3) is 0.800. The van der Waals surface area contributed by atoms with E-state index in [2.05, 4.69) is 41.8 Å². The van der Waals surface area contributed by atoms with Gasteiger partial charge < -0.3 is 9.88 Å². The monoisotopic (exact) mass is 249 g/mol. The number of nitrogens with one attached hydrogen (secondary N) is 1. The third kappa shape index (κ3) is 3.35. The average molecular weight is 249 g/mol. The molecule has 0 spiro atoms. The summed E-state index contributed by atoms with van der Waals surface area (Å²) in [6.45, 7) is 8.96. The molecule has 1 N–H and O–H groups in total. The van der Waals surface area contributed by atoms with Crippen LogP contribution in [0.2, 0.25) is 0 Å². The van der Waals surface area contributed by atoms with Gasteiger partial charge in [0, 0.05) is 31.4 Å². The molecule has 0 aliphatic heterocycles. The lowest BCUT2D eigenvalue weighted by Crippen LogP contribution is -2.39. The molecular formula is C15H27N3. The van der Waals surface area contributed by atoms with Gasteiger partial charge in [-0.05, 0) is 37.6 Å². The second-order valence-electron chi connectivity index (χ2n) is 5.90. The van der Waals surface area contributed by atoms with Gasteiger partial charge in [0.05, 0.1) is 0 Å². The molecule has 1 aliphatic carbocycles. The molecule has 2 atom stereocenters. The Morgan fingerprint density at radius 2 is 2.17 bits per heavy atom. The smallest absolute Gasteiger partial charge is 0.108 e. The molecule has 0 bridgehead atoms. The van der Waals surface area contributed by atoms with Crippen LogP contribution in [-0.2, 0) is 13.0 Å². The second-order valence-corrected chi connectivity index (χ2v) is 5.90. The number of nitrogens with zero attached hydrogens (tertiary/aromatic N) is 2. The molecule has 1 aromatic heterocycles. The Kier molecular flexibility index (Phi) is 4.81. The number of hydrogen-bond donors (Lipinski definition) is 1. The van der Waals surface area contributed by atoms with Crippen LogP contribution < -0.4 is 5.32 Å². The van der Waals surface area contributed by atoms with Crippen molar-refractivity contribution in [2.75, 3.05) is 6.54 Å². The molecule has 3 nitrogen and oxygen atoms in total. The van der Waals surface area contributed by atoms with E-state index in [9.17, 15) is 0 Å². The Hall–Kier alpha value is -0.830. The maximum atomic E-state index is 4.53. The van der Waals surface area contributed by atoms with Crippen LogP contribution in [0.4, 0.5) is 0 Å². The van der Waals surface area contributed by atoms with E-state index in [4.69, 9.17) is 0 Å². The summed E-state index contributed by atoms with van der Waals surface area (Å²) in [4.78, 5) is 4.53. The third-order valence-electron chi connectivity index (χ3n) is 4.07. The molecule has 1 aromatic rings. The topological polar surface area (TPSA) is 29.9 Å². The summed E-state index contributed by atoms with van der Waals surface area (Å²) >= 11 is 0. The first-order chi connectivity index (χ1) is 8.70. The van der Waals surface area contributed by atoms with Crippen LogP contribution >= 0.6 is 0 Å². The van der Waals surface area contributed by atoms with Crippen LogP contribution in [0.15, 0.2) is 12.4 Å². The zero-order valence-electron chi connectivity index (χ0n) is 12.0. The van der Waals surface area contributed by atoms with Gasteiger partial charge in [0.15, 0.2) is 0 Å². The number of hydrogen-bond acceptors (Lipinski definition) is 2. The van der Waals surface area contributed by atoms with Crippen molar-refractivity contribution in [1.29, 1.82) is 0 Å². The van der Waals surface area contributed by atoms with Crippen molar-refractivity contribution >= 4 is 0 Å². The van der Waals surface area contributed by atoms with Crippen molar-refractivity contribution < 1.29 is 0 Å². The normalized spacial score (nSPS) is 23.3. The van der Waals surface area contributed by atoms with Gasteiger partial charge in [-0.15, -0.1) is 0 Å². The van der Waals surface area contributed by atoms with Crippen LogP contribution in [0.1, 0.15) is 45.9 Å². The Labute approximate surface area is 111 Å². The molecular weight excluding hydrogens is 222 g/mol. The summed E-state index contributed by atoms with van der Waals surface area (Å²) in [5, 5.41) is 3.57. The van der Waals surface area contributed by atoms with E-state index >= 15 is 0 Å². The lowest BCUT2D eigenvalue weighted by molar-refractivity contribution is 0.164. The van der Waals surface area contributed by atoms with Crippen molar-refractivity contribution in [2.24, 2.45) is 11.8 Å². The summed E-state index contributed by atoms with van der Waals surface area (Å²) in [5.74, 6) is 2.99. The molecule has 2 rings (SSSR count). The highest BCUT2D eigenvalue weighted by molar-refractivity contribution is 4.97. The lowest BCUT2D eigenvalue weighted by atomic mass is 9.71. The summed E-state index contributed by atoms with van der Waals surface area (Å²) in [6, 6.07) is 0.605. The standard InChI is InChI=1S/C15H27N3/c1-4-8-18-9-7-16-15(18)10-13-5-6-14(13)11-17-12(2)3/h7,9,12-14,17H,4-6,8,10-11H2,1-3H3. The van der Waals surface area contributed by atoms with Gasteiger partial charge in [0.25, 0.3) is 0 Å². The van der Waals surface area contributed by atoms with Gasteiger partial charge in [-0.2, -0.15) is 0 Å². The van der Waals surface area contributed by atoms with Crippen LogP contribution in [0.5, 0.6) is 0 Å². The van der Waals surface area contributed by atoms with Crippen molar-refractivity contribution in [2.45, 2.75) is 59.0 Å². The first-order valence-corrected chi connectivity index (χ1v) is 7.44. The number of aryl methyl sites for hydroxylation is 1. The minimum atomic E-state index is 0.605. The van der Waals surface area contributed by atoms with Crippen LogP contribution in [0, 0.1) is 11.8 Å². The fourth-order valence-electron chi connectivity index (χ4n) is 2.77. The van der Waals surface area contributed by atoms with Crippen molar-refractivity contribution in [3.63, 3.8) is 0 Å². The SMILES string of the molecule is CCCn1ccnc1CC1CCC1CNC(C)C. The number of imidazole rings is 1. The predicted molar refractivity (Wildman–Crippen MR) is 75.6 cm³/mol. The summed E-state index contributed by atoms with van der Waals surface area (Å²) in [5.41, 5.74) is 0. The van der Waals surface area contributed by atoms with E-state index in [-0.39, 0.29) is 0 Å². The molecule has 18 heavy (non-hydrogen) atoms. The van der Waals surface area contributed by atoms with E-state index in [1.165, 1.54) is 31.6 Å². The fourth-order valence-corrected chi connectivity index (χ4v) is 2.77. The Morgan fingerprint density at radius 3 is 2.78 bits per heavy atom. The summed E-state index contributed by atoms with van der Waals surface area (Å²) < 4.78 is 2.32. The van der Waals surface area contributed by atoms with Gasteiger partial charge in [0.2, 0.25) is 0 Å². The first kappa shape index (κ1) is 13.6. The minimum absolute atomic E-state index is 0.605. The predicted octanol–water partition coefficient (Wildman–Crippen LogP) is 2.86. The molecule has 2 unspecified atom stereocenters. The highest BCUT2D eigenvalue weighted by Crippen LogP contribution is 2.36. The Balaban J connectivity index is 1.83. The molecule has 1 aliphatic rings. The zero-order chi connectivity index (χ0) is 13.0. The quantitative estimate of drug-likeness (QED) is 0.805. The van der Waals surface area contributed by atoms with Gasteiger partial charge in [0.1, 0.15) is 5.82 Å². The van der Waals surface area contributed by atoms with Gasteiger partial charge in [-0.3, -0.25) is 0 Å². The highest BCUT2D eigenvalue weighted by atomic mass is 15.1. The summed E-state index contributed by atoms with van der Waals surface area (Å²) in [6.07, 6.45) is 9.19. The molecule has 1 fully saturated rings. The Morgan fingerprint density at radius 1 is 1.39 bits per heavy atom. The Bertz CT molecular complexity index is 356. The largest absolute Gasteiger partial charge is 0.335 e. The second kappa shape index (κ2) is 6.37. The highest BCUT2D eigenvalue weighted by Gasteiger charge is 2.31. The van der Waals surface area contributed by atoms with Gasteiger partial charge in [-0.25, -0.2) is 4.98 Å². The molecule has 0 saturated heterocycles. The molecule has 1 heterocycles. The average Bonchev–Trinajstić information content (AvgIpc) is 2.72. The molecule has 0 aromatic carbocycles. The minimum Gasteiger partial charge on any atom is -0.335 e. The van der Waals surface area contributed by atoms with E-state index < -0.39 is 0 Å². The van der Waals surface area contributed by atoms with Crippen LogP contribution in [-0.4, -0.2) is 22.1 Å². The maximum Gasteiger partial charge on any atom is 0.108 e. The maximum absolute atomic E-state index is 4.53. The van der Waals surface area contributed by atoms with E-state index in [1.54, 1.807) is 0 Å². The first-order valence-electron chi connectivity index (χ1n) is 7.44. The van der Waals surface area contributed by atoms with E-state index in [1.807, 2.05) is 6.20 Å². The summed E-state index contributed by atoms with van der Waals surface area (Å²) in [7, 11) is 0. The lowest BCUT2D eigenvalue weighted by Gasteiger charge is -2.37. The van der Waals surface area contributed by atoms with E-state index in [0.717, 1.165) is 24.8 Å². The third-order valence-corrected chi connectivity index (χ3v) is 4.07. The molecule has 1 saturated carbocycles. The molecule has 0 radical (unpaired) electrons. The van der Waals surface area contributed by atoms with Gasteiger partial charge >= 0.3 is 0 Å². The van der Waals surface area contributed by atoms with E-state index in [0.29, 0.717) is 6.04 Å². The molecule has 0 amide bonds. The van der Waals surface area contributed by atoms with Crippen molar-refractivity contribution in [3.8, 4) is 0 Å². The van der Waals surface area contributed by atoms with Crippen molar-refractivity contribution in [1.82, 2.24) is 14.9 Å². The molecule has 102 valence electrons. The van der Waals surface area contributed by atoms with Gasteiger partial charge in [-0.1, -0.05) is 20.8 Å². The number of aromatic nitrogens is 2. The van der Waals surface area contributed by atoms with Crippen LogP contribution in [0.25, 0.3) is 0 Å². The number of rotatable bonds is 7. The molecule has 3 heteroatoms. The van der Waals surface area contributed by atoms with Crippen LogP contribution in [0.3, 0.4) is 0 Å². The van der Waals surface area contributed by atoms with Crippen molar-refractivity contribution in [3.05, 3.63) is 18.2 Å².